The number of hydrogen-bond donors (Lipinski definition) is 2. The van der Waals surface area contributed by atoms with E-state index in [0.29, 0.717) is 12.6 Å². The molecular weight excluding hydrogens is 205 g/mol. The number of pyridine rings is 1. The Balaban J connectivity index is 1.69. The fourth-order valence-electron chi connectivity index (χ4n) is 1.55. The first-order valence-corrected chi connectivity index (χ1v) is 5.80. The van der Waals surface area contributed by atoms with Crippen molar-refractivity contribution in [3.8, 4) is 0 Å². The third kappa shape index (κ3) is 3.87. The predicted molar refractivity (Wildman–Crippen MR) is 61.5 cm³/mol. The molecule has 1 aliphatic rings. The molecule has 4 heteroatoms. The van der Waals surface area contributed by atoms with Crippen molar-refractivity contribution in [1.29, 1.82) is 0 Å². The molecule has 0 spiro atoms. The second kappa shape index (κ2) is 5.37. The summed E-state index contributed by atoms with van der Waals surface area (Å²) in [6.45, 7) is 3.76. The van der Waals surface area contributed by atoms with E-state index in [4.69, 9.17) is 0 Å². The van der Waals surface area contributed by atoms with Crippen LogP contribution in [0.2, 0.25) is 0 Å². The number of rotatable bonds is 6. The third-order valence-corrected chi connectivity index (χ3v) is 2.71. The van der Waals surface area contributed by atoms with Crippen LogP contribution in [0.1, 0.15) is 25.3 Å². The SMILES string of the molecule is CC(CNC1CC1)NCc1cncc(F)c1. The summed E-state index contributed by atoms with van der Waals surface area (Å²) in [5.41, 5.74) is 0.887. The van der Waals surface area contributed by atoms with Crippen molar-refractivity contribution >= 4 is 0 Å². The third-order valence-electron chi connectivity index (χ3n) is 2.71. The molecule has 1 atom stereocenters. The standard InChI is InChI=1S/C12H18FN3/c1-9(5-16-12-2-3-12)15-7-10-4-11(13)8-14-6-10/h4,6,8-9,12,15-16H,2-3,5,7H2,1H3. The van der Waals surface area contributed by atoms with Crippen LogP contribution in [0.15, 0.2) is 18.5 Å². The lowest BCUT2D eigenvalue weighted by molar-refractivity contribution is 0.498. The van der Waals surface area contributed by atoms with Crippen molar-refractivity contribution in [2.75, 3.05) is 6.54 Å². The average molecular weight is 223 g/mol. The summed E-state index contributed by atoms with van der Waals surface area (Å²) in [5.74, 6) is -0.275. The fourth-order valence-corrected chi connectivity index (χ4v) is 1.55. The molecule has 0 aromatic carbocycles. The van der Waals surface area contributed by atoms with Crippen LogP contribution in [0.5, 0.6) is 0 Å². The number of nitrogens with one attached hydrogen (secondary N) is 2. The summed E-state index contributed by atoms with van der Waals surface area (Å²) in [6, 6.07) is 2.64. The van der Waals surface area contributed by atoms with Gasteiger partial charge >= 0.3 is 0 Å². The monoisotopic (exact) mass is 223 g/mol. The summed E-state index contributed by atoms with van der Waals surface area (Å²) in [5, 5.41) is 6.79. The van der Waals surface area contributed by atoms with Crippen LogP contribution in [0.3, 0.4) is 0 Å². The Hall–Kier alpha value is -1.00. The largest absolute Gasteiger partial charge is 0.312 e. The molecule has 0 amide bonds. The molecule has 1 aromatic rings. The van der Waals surface area contributed by atoms with Gasteiger partial charge in [-0.3, -0.25) is 4.98 Å². The van der Waals surface area contributed by atoms with Crippen LogP contribution in [-0.4, -0.2) is 23.6 Å². The van der Waals surface area contributed by atoms with Gasteiger partial charge in [-0.25, -0.2) is 4.39 Å². The van der Waals surface area contributed by atoms with E-state index in [1.165, 1.54) is 25.1 Å². The van der Waals surface area contributed by atoms with Gasteiger partial charge in [-0.05, 0) is 31.4 Å². The summed E-state index contributed by atoms with van der Waals surface area (Å²) < 4.78 is 12.9. The van der Waals surface area contributed by atoms with Crippen LogP contribution in [-0.2, 0) is 6.54 Å². The first kappa shape index (κ1) is 11.5. The Morgan fingerprint density at radius 3 is 3.00 bits per heavy atom. The van der Waals surface area contributed by atoms with Crippen molar-refractivity contribution in [2.45, 2.75) is 38.4 Å². The zero-order valence-corrected chi connectivity index (χ0v) is 9.54. The fraction of sp³-hybridized carbons (Fsp3) is 0.583. The molecule has 2 rings (SSSR count). The zero-order valence-electron chi connectivity index (χ0n) is 9.54. The van der Waals surface area contributed by atoms with E-state index in [9.17, 15) is 4.39 Å². The molecule has 16 heavy (non-hydrogen) atoms. The minimum absolute atomic E-state index is 0.275. The Kier molecular flexibility index (Phi) is 3.85. The molecule has 3 nitrogen and oxygen atoms in total. The van der Waals surface area contributed by atoms with Crippen molar-refractivity contribution in [1.82, 2.24) is 15.6 Å². The van der Waals surface area contributed by atoms with Gasteiger partial charge in [-0.15, -0.1) is 0 Å². The minimum atomic E-state index is -0.275. The van der Waals surface area contributed by atoms with Gasteiger partial charge in [0, 0.05) is 31.4 Å². The number of aromatic nitrogens is 1. The molecule has 0 aliphatic heterocycles. The smallest absolute Gasteiger partial charge is 0.141 e. The second-order valence-electron chi connectivity index (χ2n) is 4.48. The van der Waals surface area contributed by atoms with E-state index in [1.807, 2.05) is 0 Å². The predicted octanol–water partition coefficient (Wildman–Crippen LogP) is 1.45. The molecule has 0 radical (unpaired) electrons. The molecule has 88 valence electrons. The van der Waals surface area contributed by atoms with Crippen molar-refractivity contribution < 1.29 is 4.39 Å². The van der Waals surface area contributed by atoms with Gasteiger partial charge in [-0.1, -0.05) is 0 Å². The first-order chi connectivity index (χ1) is 7.74. The number of nitrogens with zero attached hydrogens (tertiary/aromatic N) is 1. The molecule has 1 aromatic heterocycles. The van der Waals surface area contributed by atoms with E-state index in [-0.39, 0.29) is 5.82 Å². The van der Waals surface area contributed by atoms with Gasteiger partial charge in [0.05, 0.1) is 6.20 Å². The zero-order chi connectivity index (χ0) is 11.4. The van der Waals surface area contributed by atoms with Crippen LogP contribution >= 0.6 is 0 Å². The topological polar surface area (TPSA) is 37.0 Å². The molecule has 1 heterocycles. The molecular formula is C12H18FN3. The van der Waals surface area contributed by atoms with Crippen molar-refractivity contribution in [3.05, 3.63) is 29.8 Å². The molecule has 1 aliphatic carbocycles. The molecule has 0 saturated heterocycles. The second-order valence-corrected chi connectivity index (χ2v) is 4.48. The van der Waals surface area contributed by atoms with E-state index in [1.54, 1.807) is 6.20 Å². The normalized spacial score (nSPS) is 17.4. The molecule has 0 bridgehead atoms. The summed E-state index contributed by atoms with van der Waals surface area (Å²) in [6.07, 6.45) is 5.53. The molecule has 1 saturated carbocycles. The highest BCUT2D eigenvalue weighted by molar-refractivity contribution is 5.09. The van der Waals surface area contributed by atoms with Crippen LogP contribution < -0.4 is 10.6 Å². The minimum Gasteiger partial charge on any atom is -0.312 e. The highest BCUT2D eigenvalue weighted by Gasteiger charge is 2.20. The van der Waals surface area contributed by atoms with E-state index in [0.717, 1.165) is 18.2 Å². The van der Waals surface area contributed by atoms with Gasteiger partial charge in [0.15, 0.2) is 0 Å². The number of halogens is 1. The summed E-state index contributed by atoms with van der Waals surface area (Å²) in [4.78, 5) is 3.82. The lowest BCUT2D eigenvalue weighted by Crippen LogP contribution is -2.36. The lowest BCUT2D eigenvalue weighted by Gasteiger charge is -2.14. The Morgan fingerprint density at radius 1 is 1.50 bits per heavy atom. The maximum absolute atomic E-state index is 12.9. The maximum atomic E-state index is 12.9. The van der Waals surface area contributed by atoms with Crippen molar-refractivity contribution in [3.63, 3.8) is 0 Å². The van der Waals surface area contributed by atoms with Gasteiger partial charge in [0.2, 0.25) is 0 Å². The Bertz CT molecular complexity index is 339. The first-order valence-electron chi connectivity index (χ1n) is 5.80. The maximum Gasteiger partial charge on any atom is 0.141 e. The molecule has 1 unspecified atom stereocenters. The molecule has 2 N–H and O–H groups in total. The van der Waals surface area contributed by atoms with Crippen molar-refractivity contribution in [2.24, 2.45) is 0 Å². The highest BCUT2D eigenvalue weighted by atomic mass is 19.1. The van der Waals surface area contributed by atoms with Gasteiger partial charge in [0.1, 0.15) is 5.82 Å². The molecule has 1 fully saturated rings. The quantitative estimate of drug-likeness (QED) is 0.766. The van der Waals surface area contributed by atoms with Crippen LogP contribution in [0, 0.1) is 5.82 Å². The van der Waals surface area contributed by atoms with E-state index in [2.05, 4.69) is 22.5 Å². The Labute approximate surface area is 95.5 Å². The average Bonchev–Trinajstić information content (AvgIpc) is 3.07. The number of hydrogen-bond acceptors (Lipinski definition) is 3. The van der Waals surface area contributed by atoms with Gasteiger partial charge in [-0.2, -0.15) is 0 Å². The Morgan fingerprint density at radius 2 is 2.31 bits per heavy atom. The highest BCUT2D eigenvalue weighted by Crippen LogP contribution is 2.18. The summed E-state index contributed by atoms with van der Waals surface area (Å²) in [7, 11) is 0. The van der Waals surface area contributed by atoms with Gasteiger partial charge in [0.25, 0.3) is 0 Å². The van der Waals surface area contributed by atoms with Gasteiger partial charge < -0.3 is 10.6 Å². The van der Waals surface area contributed by atoms with Crippen LogP contribution in [0.25, 0.3) is 0 Å². The lowest BCUT2D eigenvalue weighted by atomic mass is 10.2. The van der Waals surface area contributed by atoms with E-state index >= 15 is 0 Å². The van der Waals surface area contributed by atoms with Crippen LogP contribution in [0.4, 0.5) is 4.39 Å². The summed E-state index contributed by atoms with van der Waals surface area (Å²) >= 11 is 0. The van der Waals surface area contributed by atoms with E-state index < -0.39 is 0 Å².